The number of nitro groups is 1. The van der Waals surface area contributed by atoms with Crippen LogP contribution in [-0.2, 0) is 11.3 Å². The lowest BCUT2D eigenvalue weighted by molar-refractivity contribution is -0.384. The molecule has 3 rings (SSSR count). The third-order valence-corrected chi connectivity index (χ3v) is 2.82. The van der Waals surface area contributed by atoms with Gasteiger partial charge in [0.05, 0.1) is 41.4 Å². The number of hydrogen-bond donors (Lipinski definition) is 0. The maximum absolute atomic E-state index is 12.1. The minimum Gasteiger partial charge on any atom is -0.371 e. The zero-order chi connectivity index (χ0) is 12.7. The molecule has 1 fully saturated rings. The van der Waals surface area contributed by atoms with E-state index in [2.05, 4.69) is 4.98 Å². The van der Waals surface area contributed by atoms with Crippen LogP contribution < -0.4 is 5.56 Å². The highest BCUT2D eigenvalue weighted by molar-refractivity contribution is 5.79. The van der Waals surface area contributed by atoms with Gasteiger partial charge in [0, 0.05) is 12.1 Å². The van der Waals surface area contributed by atoms with Crippen LogP contribution in [0.2, 0.25) is 0 Å². The molecule has 1 aliphatic rings. The average Bonchev–Trinajstić information content (AvgIpc) is 3.16. The van der Waals surface area contributed by atoms with Crippen molar-refractivity contribution >= 4 is 16.6 Å². The summed E-state index contributed by atoms with van der Waals surface area (Å²) in [4.78, 5) is 26.4. The molecular weight excluding hydrogens is 238 g/mol. The molecule has 1 unspecified atom stereocenters. The van der Waals surface area contributed by atoms with Crippen molar-refractivity contribution in [3.8, 4) is 0 Å². The summed E-state index contributed by atoms with van der Waals surface area (Å²) in [7, 11) is 0. The molecule has 1 aromatic carbocycles. The van der Waals surface area contributed by atoms with Crippen molar-refractivity contribution in [3.63, 3.8) is 0 Å². The Morgan fingerprint density at radius 2 is 2.33 bits per heavy atom. The van der Waals surface area contributed by atoms with Crippen LogP contribution in [0.25, 0.3) is 10.9 Å². The van der Waals surface area contributed by atoms with Gasteiger partial charge >= 0.3 is 0 Å². The molecule has 0 saturated carbocycles. The lowest BCUT2D eigenvalue weighted by atomic mass is 10.2. The average molecular weight is 247 g/mol. The lowest BCUT2D eigenvalue weighted by Crippen LogP contribution is -2.22. The summed E-state index contributed by atoms with van der Waals surface area (Å²) in [5.41, 5.74) is 0.0691. The van der Waals surface area contributed by atoms with Crippen molar-refractivity contribution in [2.24, 2.45) is 0 Å². The first kappa shape index (κ1) is 10.8. The van der Waals surface area contributed by atoms with Gasteiger partial charge in [0.2, 0.25) is 0 Å². The first-order valence-electron chi connectivity index (χ1n) is 5.40. The maximum atomic E-state index is 12.1. The number of nitrogens with zero attached hydrogens (tertiary/aromatic N) is 3. The van der Waals surface area contributed by atoms with Gasteiger partial charge in [-0.3, -0.25) is 19.5 Å². The molecule has 1 aromatic heterocycles. The van der Waals surface area contributed by atoms with Crippen molar-refractivity contribution in [1.82, 2.24) is 9.55 Å². The Kier molecular flexibility index (Phi) is 2.34. The quantitative estimate of drug-likeness (QED) is 0.452. The summed E-state index contributed by atoms with van der Waals surface area (Å²) < 4.78 is 6.47. The number of nitro benzene ring substituents is 1. The Hall–Kier alpha value is -2.28. The van der Waals surface area contributed by atoms with Gasteiger partial charge in [-0.05, 0) is 6.07 Å². The SMILES string of the molecule is O=c1c2cc([N+](=O)[O-])ccc2ncn1CC1CO1. The topological polar surface area (TPSA) is 90.6 Å². The highest BCUT2D eigenvalue weighted by Gasteiger charge is 2.23. The molecule has 18 heavy (non-hydrogen) atoms. The molecule has 0 radical (unpaired) electrons. The number of fused-ring (bicyclic) bond motifs is 1. The van der Waals surface area contributed by atoms with E-state index in [0.717, 1.165) is 0 Å². The fraction of sp³-hybridized carbons (Fsp3) is 0.273. The van der Waals surface area contributed by atoms with Gasteiger partial charge in [0.1, 0.15) is 0 Å². The van der Waals surface area contributed by atoms with Crippen molar-refractivity contribution in [3.05, 3.63) is 45.0 Å². The Bertz CT molecular complexity index is 690. The second-order valence-electron chi connectivity index (χ2n) is 4.12. The summed E-state index contributed by atoms with van der Waals surface area (Å²) in [6, 6.07) is 4.07. The van der Waals surface area contributed by atoms with Gasteiger partial charge in [0.25, 0.3) is 11.2 Å². The fourth-order valence-electron chi connectivity index (χ4n) is 1.78. The highest BCUT2D eigenvalue weighted by atomic mass is 16.6. The number of ether oxygens (including phenoxy) is 1. The van der Waals surface area contributed by atoms with E-state index in [0.29, 0.717) is 18.7 Å². The van der Waals surface area contributed by atoms with E-state index in [1.54, 1.807) is 0 Å². The lowest BCUT2D eigenvalue weighted by Gasteiger charge is -2.04. The van der Waals surface area contributed by atoms with E-state index in [4.69, 9.17) is 4.74 Å². The minimum atomic E-state index is -0.528. The van der Waals surface area contributed by atoms with Gasteiger partial charge in [-0.25, -0.2) is 4.98 Å². The summed E-state index contributed by atoms with van der Waals surface area (Å²) >= 11 is 0. The number of non-ortho nitro benzene ring substituents is 1. The first-order chi connectivity index (χ1) is 8.65. The molecule has 0 bridgehead atoms. The predicted octanol–water partition coefficient (Wildman–Crippen LogP) is 0.703. The van der Waals surface area contributed by atoms with Crippen LogP contribution in [0.5, 0.6) is 0 Å². The van der Waals surface area contributed by atoms with Gasteiger partial charge < -0.3 is 4.74 Å². The van der Waals surface area contributed by atoms with Crippen LogP contribution in [0, 0.1) is 10.1 Å². The summed E-state index contributed by atoms with van der Waals surface area (Å²) in [5.74, 6) is 0. The third kappa shape index (κ3) is 1.84. The van der Waals surface area contributed by atoms with Gasteiger partial charge in [-0.2, -0.15) is 0 Å². The fourth-order valence-corrected chi connectivity index (χ4v) is 1.78. The van der Waals surface area contributed by atoms with E-state index < -0.39 is 4.92 Å². The van der Waals surface area contributed by atoms with E-state index in [-0.39, 0.29) is 22.7 Å². The van der Waals surface area contributed by atoms with E-state index in [9.17, 15) is 14.9 Å². The van der Waals surface area contributed by atoms with Gasteiger partial charge in [-0.1, -0.05) is 0 Å². The predicted molar refractivity (Wildman–Crippen MR) is 62.4 cm³/mol. The maximum Gasteiger partial charge on any atom is 0.270 e. The summed E-state index contributed by atoms with van der Waals surface area (Å²) in [6.45, 7) is 1.07. The Morgan fingerprint density at radius 1 is 1.56 bits per heavy atom. The minimum absolute atomic E-state index is 0.0562. The molecule has 0 spiro atoms. The molecular formula is C11H9N3O4. The molecule has 0 amide bonds. The first-order valence-corrected chi connectivity index (χ1v) is 5.40. The highest BCUT2D eigenvalue weighted by Crippen LogP contribution is 2.17. The second kappa shape index (κ2) is 3.88. The molecule has 1 aliphatic heterocycles. The molecule has 1 atom stereocenters. The van der Waals surface area contributed by atoms with Crippen molar-refractivity contribution in [2.75, 3.05) is 6.61 Å². The molecule has 0 N–H and O–H groups in total. The smallest absolute Gasteiger partial charge is 0.270 e. The molecule has 7 nitrogen and oxygen atoms in total. The van der Waals surface area contributed by atoms with Crippen LogP contribution in [0.3, 0.4) is 0 Å². The molecule has 92 valence electrons. The number of rotatable bonds is 3. The summed E-state index contributed by atoms with van der Waals surface area (Å²) in [6.07, 6.45) is 1.50. The number of aromatic nitrogens is 2. The molecule has 7 heteroatoms. The monoisotopic (exact) mass is 247 g/mol. The Balaban J connectivity index is 2.15. The van der Waals surface area contributed by atoms with E-state index >= 15 is 0 Å². The Morgan fingerprint density at radius 3 is 3.00 bits per heavy atom. The van der Waals surface area contributed by atoms with Crippen LogP contribution in [0.1, 0.15) is 0 Å². The van der Waals surface area contributed by atoms with Gasteiger partial charge in [-0.15, -0.1) is 0 Å². The summed E-state index contributed by atoms with van der Waals surface area (Å²) in [5, 5.41) is 10.9. The van der Waals surface area contributed by atoms with E-state index in [1.807, 2.05) is 0 Å². The number of hydrogen-bond acceptors (Lipinski definition) is 5. The molecule has 2 aromatic rings. The number of epoxide rings is 1. The van der Waals surface area contributed by atoms with Crippen molar-refractivity contribution in [2.45, 2.75) is 12.6 Å². The zero-order valence-corrected chi connectivity index (χ0v) is 9.28. The van der Waals surface area contributed by atoms with Crippen LogP contribution in [0.15, 0.2) is 29.3 Å². The largest absolute Gasteiger partial charge is 0.371 e. The molecule has 2 heterocycles. The molecule has 1 saturated heterocycles. The van der Waals surface area contributed by atoms with Crippen LogP contribution in [-0.4, -0.2) is 27.2 Å². The van der Waals surface area contributed by atoms with Crippen molar-refractivity contribution in [1.29, 1.82) is 0 Å². The normalized spacial score (nSPS) is 17.9. The van der Waals surface area contributed by atoms with Crippen LogP contribution in [0.4, 0.5) is 5.69 Å². The van der Waals surface area contributed by atoms with Gasteiger partial charge in [0.15, 0.2) is 0 Å². The molecule has 0 aliphatic carbocycles. The Labute approximate surface area is 101 Å². The second-order valence-corrected chi connectivity index (χ2v) is 4.12. The van der Waals surface area contributed by atoms with Crippen molar-refractivity contribution < 1.29 is 9.66 Å². The van der Waals surface area contributed by atoms with E-state index in [1.165, 1.54) is 29.1 Å². The zero-order valence-electron chi connectivity index (χ0n) is 9.28. The third-order valence-electron chi connectivity index (χ3n) is 2.82. The standard InChI is InChI=1S/C11H9N3O4/c15-11-9-3-7(14(16)17)1-2-10(9)12-6-13(11)4-8-5-18-8/h1-3,6,8H,4-5H2. The van der Waals surface area contributed by atoms with Crippen LogP contribution >= 0.6 is 0 Å². The number of benzene rings is 1.